The van der Waals surface area contributed by atoms with Crippen molar-refractivity contribution in [3.63, 3.8) is 0 Å². The molecule has 0 heterocycles. The van der Waals surface area contributed by atoms with Crippen LogP contribution in [0.4, 0.5) is 8.78 Å². The van der Waals surface area contributed by atoms with Crippen molar-refractivity contribution in [2.75, 3.05) is 13.2 Å². The fourth-order valence-electron chi connectivity index (χ4n) is 1.32. The van der Waals surface area contributed by atoms with E-state index in [9.17, 15) is 13.9 Å². The number of aliphatic hydroxyl groups excluding tert-OH is 3. The van der Waals surface area contributed by atoms with E-state index < -0.39 is 31.3 Å². The first-order valence-corrected chi connectivity index (χ1v) is 5.45. The summed E-state index contributed by atoms with van der Waals surface area (Å²) in [7, 11) is 0. The molecule has 18 heavy (non-hydrogen) atoms. The van der Waals surface area contributed by atoms with E-state index in [2.05, 4.69) is 0 Å². The summed E-state index contributed by atoms with van der Waals surface area (Å²) >= 11 is 0. The van der Waals surface area contributed by atoms with Gasteiger partial charge in [0.15, 0.2) is 0 Å². The van der Waals surface area contributed by atoms with E-state index in [1.165, 1.54) is 0 Å². The van der Waals surface area contributed by atoms with Crippen LogP contribution in [-0.2, 0) is 11.3 Å². The third-order valence-electron chi connectivity index (χ3n) is 2.45. The van der Waals surface area contributed by atoms with Gasteiger partial charge in [0.05, 0.1) is 19.8 Å². The smallest absolute Gasteiger partial charge is 0.303 e. The van der Waals surface area contributed by atoms with Gasteiger partial charge in [-0.15, -0.1) is 0 Å². The first-order valence-electron chi connectivity index (χ1n) is 5.45. The summed E-state index contributed by atoms with van der Waals surface area (Å²) < 4.78 is 31.3. The van der Waals surface area contributed by atoms with Gasteiger partial charge >= 0.3 is 5.92 Å². The van der Waals surface area contributed by atoms with Gasteiger partial charge in [-0.1, -0.05) is 30.3 Å². The summed E-state index contributed by atoms with van der Waals surface area (Å²) in [5.41, 5.74) is 0.788. The van der Waals surface area contributed by atoms with Gasteiger partial charge in [-0.05, 0) is 5.56 Å². The molecule has 1 aromatic carbocycles. The minimum atomic E-state index is -3.80. The second-order valence-electron chi connectivity index (χ2n) is 3.89. The lowest BCUT2D eigenvalue weighted by atomic mass is 10.1. The third kappa shape index (κ3) is 3.99. The number of halogens is 2. The lowest BCUT2D eigenvalue weighted by Crippen LogP contribution is -2.48. The van der Waals surface area contributed by atoms with Crippen LogP contribution in [-0.4, -0.2) is 46.7 Å². The maximum Gasteiger partial charge on any atom is 0.303 e. The topological polar surface area (TPSA) is 69.9 Å². The van der Waals surface area contributed by atoms with Crippen LogP contribution in [0.25, 0.3) is 0 Å². The maximum absolute atomic E-state index is 13.2. The predicted molar refractivity (Wildman–Crippen MR) is 60.1 cm³/mol. The first kappa shape index (κ1) is 15.0. The van der Waals surface area contributed by atoms with Gasteiger partial charge in [-0.2, -0.15) is 0 Å². The van der Waals surface area contributed by atoms with Gasteiger partial charge in [0.25, 0.3) is 0 Å². The molecule has 1 rings (SSSR count). The van der Waals surface area contributed by atoms with Crippen molar-refractivity contribution in [3.8, 4) is 0 Å². The largest absolute Gasteiger partial charge is 0.393 e. The molecule has 0 radical (unpaired) electrons. The molecular weight excluding hydrogens is 246 g/mol. The highest BCUT2D eigenvalue weighted by molar-refractivity contribution is 5.13. The van der Waals surface area contributed by atoms with Crippen LogP contribution in [0.15, 0.2) is 30.3 Å². The van der Waals surface area contributed by atoms with Crippen molar-refractivity contribution in [1.29, 1.82) is 0 Å². The Morgan fingerprint density at radius 3 is 2.28 bits per heavy atom. The molecule has 6 heteroatoms. The second-order valence-corrected chi connectivity index (χ2v) is 3.89. The lowest BCUT2D eigenvalue weighted by molar-refractivity contribution is -0.200. The van der Waals surface area contributed by atoms with Gasteiger partial charge < -0.3 is 20.1 Å². The Hall–Kier alpha value is -1.08. The minimum Gasteiger partial charge on any atom is -0.393 e. The maximum atomic E-state index is 13.2. The van der Waals surface area contributed by atoms with Crippen LogP contribution in [0.5, 0.6) is 0 Å². The molecule has 0 amide bonds. The highest BCUT2D eigenvalue weighted by atomic mass is 19.3. The summed E-state index contributed by atoms with van der Waals surface area (Å²) in [6, 6.07) is 8.88. The molecule has 0 aliphatic rings. The molecule has 0 aliphatic carbocycles. The number of ether oxygens (including phenoxy) is 1. The molecule has 0 aliphatic heterocycles. The molecule has 0 spiro atoms. The molecule has 0 fully saturated rings. The number of rotatable bonds is 7. The molecule has 2 atom stereocenters. The fraction of sp³-hybridized carbons (Fsp3) is 0.500. The average Bonchev–Trinajstić information content (AvgIpc) is 2.38. The van der Waals surface area contributed by atoms with Crippen molar-refractivity contribution in [1.82, 2.24) is 0 Å². The zero-order valence-electron chi connectivity index (χ0n) is 9.67. The summed E-state index contributed by atoms with van der Waals surface area (Å²) in [4.78, 5) is 0. The quantitative estimate of drug-likeness (QED) is 0.671. The Morgan fingerprint density at radius 1 is 1.11 bits per heavy atom. The van der Waals surface area contributed by atoms with Crippen molar-refractivity contribution in [2.24, 2.45) is 0 Å². The van der Waals surface area contributed by atoms with E-state index >= 15 is 0 Å². The number of aliphatic hydroxyl groups is 3. The summed E-state index contributed by atoms with van der Waals surface area (Å²) in [6.45, 7) is -1.66. The Bertz CT molecular complexity index is 345. The van der Waals surface area contributed by atoms with E-state index in [1.807, 2.05) is 6.07 Å². The molecule has 0 saturated carbocycles. The van der Waals surface area contributed by atoms with Crippen molar-refractivity contribution >= 4 is 0 Å². The molecular formula is C12H16F2O4. The van der Waals surface area contributed by atoms with Crippen molar-refractivity contribution in [3.05, 3.63) is 35.9 Å². The Kier molecular flexibility index (Phi) is 5.61. The molecule has 0 saturated heterocycles. The predicted octanol–water partition coefficient (Wildman–Crippen LogP) is 0.553. The highest BCUT2D eigenvalue weighted by Crippen LogP contribution is 2.23. The van der Waals surface area contributed by atoms with Crippen LogP contribution in [0.1, 0.15) is 5.56 Å². The van der Waals surface area contributed by atoms with Gasteiger partial charge in [0.2, 0.25) is 0 Å². The summed E-state index contributed by atoms with van der Waals surface area (Å²) in [5, 5.41) is 26.5. The monoisotopic (exact) mass is 262 g/mol. The van der Waals surface area contributed by atoms with Crippen LogP contribution in [0, 0.1) is 0 Å². The van der Waals surface area contributed by atoms with Gasteiger partial charge in [-0.25, -0.2) is 8.78 Å². The minimum absolute atomic E-state index is 0.0865. The second kappa shape index (κ2) is 6.75. The Labute approximate surface area is 103 Å². The number of hydrogen-bond donors (Lipinski definition) is 3. The van der Waals surface area contributed by atoms with Gasteiger partial charge in [0, 0.05) is 0 Å². The molecule has 102 valence electrons. The molecule has 1 aromatic rings. The molecule has 3 N–H and O–H groups in total. The van der Waals surface area contributed by atoms with Gasteiger partial charge in [0.1, 0.15) is 12.2 Å². The van der Waals surface area contributed by atoms with Crippen LogP contribution in [0.2, 0.25) is 0 Å². The van der Waals surface area contributed by atoms with E-state index in [-0.39, 0.29) is 6.61 Å². The van der Waals surface area contributed by atoms with E-state index in [0.717, 1.165) is 5.56 Å². The summed E-state index contributed by atoms with van der Waals surface area (Å²) in [5.74, 6) is -3.80. The van der Waals surface area contributed by atoms with Crippen LogP contribution < -0.4 is 0 Å². The van der Waals surface area contributed by atoms with E-state index in [4.69, 9.17) is 14.9 Å². The first-order chi connectivity index (χ1) is 8.48. The van der Waals surface area contributed by atoms with Crippen molar-refractivity contribution < 1.29 is 28.8 Å². The lowest BCUT2D eigenvalue weighted by Gasteiger charge is -2.25. The number of alkyl halides is 2. The zero-order valence-corrected chi connectivity index (χ0v) is 9.67. The zero-order chi connectivity index (χ0) is 13.6. The molecule has 0 aromatic heterocycles. The van der Waals surface area contributed by atoms with Crippen LogP contribution in [0.3, 0.4) is 0 Å². The Morgan fingerprint density at radius 2 is 1.72 bits per heavy atom. The fourth-order valence-corrected chi connectivity index (χ4v) is 1.32. The SMILES string of the molecule is OC[C@@H](O)C(F)(F)[C@H](O)COCc1ccccc1. The molecule has 0 unspecified atom stereocenters. The normalized spacial score (nSPS) is 15.4. The third-order valence-corrected chi connectivity index (χ3v) is 2.45. The van der Waals surface area contributed by atoms with E-state index in [0.29, 0.717) is 0 Å². The number of benzene rings is 1. The Balaban J connectivity index is 2.39. The summed E-state index contributed by atoms with van der Waals surface area (Å²) in [6.07, 6.45) is -4.46. The van der Waals surface area contributed by atoms with E-state index in [1.54, 1.807) is 24.3 Å². The standard InChI is InChI=1S/C12H16F2O4/c13-12(14,10(16)6-15)11(17)8-18-7-9-4-2-1-3-5-9/h1-5,10-11,15-17H,6-8H2/t10-,11-/m1/s1. The van der Waals surface area contributed by atoms with Crippen LogP contribution >= 0.6 is 0 Å². The van der Waals surface area contributed by atoms with Gasteiger partial charge in [-0.3, -0.25) is 0 Å². The molecule has 4 nitrogen and oxygen atoms in total. The van der Waals surface area contributed by atoms with Crippen molar-refractivity contribution in [2.45, 2.75) is 24.7 Å². The molecule has 0 bridgehead atoms. The average molecular weight is 262 g/mol. The number of hydrogen-bond acceptors (Lipinski definition) is 4. The highest BCUT2D eigenvalue weighted by Gasteiger charge is 2.45.